The van der Waals surface area contributed by atoms with Gasteiger partial charge in [-0.3, -0.25) is 4.21 Å². The Hall–Kier alpha value is -0.390. The largest absolute Gasteiger partial charge is 0.758 e. The molecule has 52 valence electrons. The summed E-state index contributed by atoms with van der Waals surface area (Å²) in [5.74, 6) is 0. The lowest BCUT2D eigenvalue weighted by molar-refractivity contribution is 0.380. The molecule has 9 heavy (non-hydrogen) atoms. The molecule has 1 heterocycles. The maximum atomic E-state index is 10.2. The Morgan fingerprint density at radius 2 is 2.67 bits per heavy atom. The minimum absolute atomic E-state index is 0.432. The van der Waals surface area contributed by atoms with Gasteiger partial charge in [0.25, 0.3) is 0 Å². The molecule has 1 N–H and O–H groups in total. The second-order valence-corrected chi connectivity index (χ2v) is 2.65. The predicted molar refractivity (Wildman–Crippen MR) is 32.5 cm³/mol. The SMILES string of the molecule is CC1=CCN(S(=O)[O-])N1. The highest BCUT2D eigenvalue weighted by Crippen LogP contribution is 2.01. The molecule has 1 aliphatic heterocycles. The van der Waals surface area contributed by atoms with E-state index in [2.05, 4.69) is 5.43 Å². The summed E-state index contributed by atoms with van der Waals surface area (Å²) in [6, 6.07) is 0. The molecule has 5 heteroatoms. The van der Waals surface area contributed by atoms with Crippen LogP contribution in [0.25, 0.3) is 0 Å². The zero-order valence-electron chi connectivity index (χ0n) is 4.96. The maximum absolute atomic E-state index is 10.2. The van der Waals surface area contributed by atoms with Crippen LogP contribution in [0.15, 0.2) is 11.8 Å². The smallest absolute Gasteiger partial charge is 0.0508 e. The lowest BCUT2D eigenvalue weighted by Crippen LogP contribution is -2.32. The second-order valence-electron chi connectivity index (χ2n) is 1.78. The number of nitrogens with zero attached hydrogens (tertiary/aromatic N) is 1. The lowest BCUT2D eigenvalue weighted by Gasteiger charge is -2.18. The summed E-state index contributed by atoms with van der Waals surface area (Å²) in [6.45, 7) is 2.24. The lowest BCUT2D eigenvalue weighted by atomic mass is 10.5. The molecular formula is C4H7N2O2S-. The molecule has 0 aromatic carbocycles. The third kappa shape index (κ3) is 1.51. The van der Waals surface area contributed by atoms with Gasteiger partial charge in [0.05, 0.1) is 6.54 Å². The fraction of sp³-hybridized carbons (Fsp3) is 0.500. The van der Waals surface area contributed by atoms with E-state index in [0.29, 0.717) is 6.54 Å². The maximum Gasteiger partial charge on any atom is 0.0508 e. The summed E-state index contributed by atoms with van der Waals surface area (Å²) in [5, 5.41) is 0. The molecule has 0 radical (unpaired) electrons. The van der Waals surface area contributed by atoms with Crippen molar-refractivity contribution in [3.63, 3.8) is 0 Å². The van der Waals surface area contributed by atoms with E-state index in [1.807, 2.05) is 6.92 Å². The Morgan fingerprint density at radius 3 is 2.89 bits per heavy atom. The van der Waals surface area contributed by atoms with Gasteiger partial charge >= 0.3 is 0 Å². The average Bonchev–Trinajstić information content (AvgIpc) is 2.14. The standard InChI is InChI=1S/C4H8N2O2S/c1-4-2-3-6(5-4)9(7)8/h2,5H,3H2,1H3,(H,7,8)/p-1. The summed E-state index contributed by atoms with van der Waals surface area (Å²) in [5.41, 5.74) is 3.51. The van der Waals surface area contributed by atoms with Crippen LogP contribution in [0.5, 0.6) is 0 Å². The highest BCUT2D eigenvalue weighted by Gasteiger charge is 2.08. The number of hydrogen-bond donors (Lipinski definition) is 1. The van der Waals surface area contributed by atoms with Crippen LogP contribution in [0.3, 0.4) is 0 Å². The van der Waals surface area contributed by atoms with E-state index >= 15 is 0 Å². The molecule has 1 rings (SSSR count). The van der Waals surface area contributed by atoms with E-state index in [9.17, 15) is 8.76 Å². The van der Waals surface area contributed by atoms with Crippen LogP contribution in [-0.4, -0.2) is 19.7 Å². The molecule has 0 aromatic heterocycles. The molecule has 0 bridgehead atoms. The molecule has 1 unspecified atom stereocenters. The molecule has 0 fully saturated rings. The van der Waals surface area contributed by atoms with Crippen LogP contribution >= 0.6 is 0 Å². The Bertz CT molecular complexity index is 168. The number of allylic oxidation sites excluding steroid dienone is 1. The predicted octanol–water partition coefficient (Wildman–Crippen LogP) is -0.495. The van der Waals surface area contributed by atoms with Gasteiger partial charge in [-0.15, -0.1) is 4.41 Å². The van der Waals surface area contributed by atoms with Gasteiger partial charge in [0.15, 0.2) is 0 Å². The first kappa shape index (κ1) is 6.73. The fourth-order valence-corrected chi connectivity index (χ4v) is 1.02. The molecule has 0 amide bonds. The molecule has 1 atom stereocenters. The van der Waals surface area contributed by atoms with Crippen molar-refractivity contribution in [2.75, 3.05) is 6.54 Å². The first-order valence-electron chi connectivity index (χ1n) is 2.50. The van der Waals surface area contributed by atoms with Crippen LogP contribution in [0.2, 0.25) is 0 Å². The summed E-state index contributed by atoms with van der Waals surface area (Å²) < 4.78 is 21.5. The number of rotatable bonds is 1. The zero-order chi connectivity index (χ0) is 6.85. The van der Waals surface area contributed by atoms with Gasteiger partial charge in [-0.05, 0) is 13.0 Å². The normalized spacial score (nSPS) is 23.1. The molecule has 0 saturated heterocycles. The van der Waals surface area contributed by atoms with Crippen molar-refractivity contribution in [1.29, 1.82) is 0 Å². The van der Waals surface area contributed by atoms with Crippen LogP contribution in [0.4, 0.5) is 0 Å². The number of nitrogens with one attached hydrogen (secondary N) is 1. The summed E-state index contributed by atoms with van der Waals surface area (Å²) in [7, 11) is 0. The van der Waals surface area contributed by atoms with E-state index in [1.165, 1.54) is 0 Å². The summed E-state index contributed by atoms with van der Waals surface area (Å²) >= 11 is -2.14. The van der Waals surface area contributed by atoms with Crippen LogP contribution in [-0.2, 0) is 11.3 Å². The summed E-state index contributed by atoms with van der Waals surface area (Å²) in [6.07, 6.45) is 1.80. The molecule has 0 aromatic rings. The topological polar surface area (TPSA) is 55.4 Å². The Labute approximate surface area is 55.9 Å². The van der Waals surface area contributed by atoms with Crippen LogP contribution in [0, 0.1) is 0 Å². The van der Waals surface area contributed by atoms with Gasteiger partial charge in [0, 0.05) is 17.0 Å². The van der Waals surface area contributed by atoms with Crippen molar-refractivity contribution in [2.45, 2.75) is 6.92 Å². The van der Waals surface area contributed by atoms with Gasteiger partial charge in [-0.25, -0.2) is 0 Å². The van der Waals surface area contributed by atoms with Gasteiger partial charge in [0.1, 0.15) is 0 Å². The van der Waals surface area contributed by atoms with E-state index in [1.54, 1.807) is 6.08 Å². The molecular weight excluding hydrogens is 140 g/mol. The Kier molecular flexibility index (Phi) is 1.84. The Morgan fingerprint density at radius 1 is 2.00 bits per heavy atom. The van der Waals surface area contributed by atoms with Crippen LogP contribution < -0.4 is 5.43 Å². The molecule has 0 saturated carbocycles. The molecule has 0 spiro atoms. The third-order valence-corrected chi connectivity index (χ3v) is 1.64. The van der Waals surface area contributed by atoms with E-state index in [0.717, 1.165) is 10.1 Å². The number of hydrogen-bond acceptors (Lipinski definition) is 3. The van der Waals surface area contributed by atoms with Crippen molar-refractivity contribution in [3.8, 4) is 0 Å². The Balaban J connectivity index is 2.47. The molecule has 4 nitrogen and oxygen atoms in total. The van der Waals surface area contributed by atoms with Crippen LogP contribution in [0.1, 0.15) is 6.92 Å². The van der Waals surface area contributed by atoms with Gasteiger partial charge in [-0.2, -0.15) is 0 Å². The van der Waals surface area contributed by atoms with Crippen molar-refractivity contribution in [3.05, 3.63) is 11.8 Å². The first-order valence-corrected chi connectivity index (χ1v) is 3.53. The van der Waals surface area contributed by atoms with E-state index in [-0.39, 0.29) is 0 Å². The van der Waals surface area contributed by atoms with E-state index in [4.69, 9.17) is 0 Å². The quantitative estimate of drug-likeness (QED) is 0.509. The minimum Gasteiger partial charge on any atom is -0.758 e. The van der Waals surface area contributed by atoms with Gasteiger partial charge in [0.2, 0.25) is 0 Å². The first-order chi connectivity index (χ1) is 4.20. The fourth-order valence-electron chi connectivity index (χ4n) is 0.606. The van der Waals surface area contributed by atoms with Crippen molar-refractivity contribution in [1.82, 2.24) is 9.84 Å². The minimum atomic E-state index is -2.14. The third-order valence-electron chi connectivity index (χ3n) is 1.04. The zero-order valence-corrected chi connectivity index (χ0v) is 5.77. The van der Waals surface area contributed by atoms with Crippen molar-refractivity contribution < 1.29 is 8.76 Å². The molecule has 0 aliphatic carbocycles. The van der Waals surface area contributed by atoms with Gasteiger partial charge in [-0.1, -0.05) is 0 Å². The van der Waals surface area contributed by atoms with Crippen molar-refractivity contribution in [2.24, 2.45) is 0 Å². The van der Waals surface area contributed by atoms with Gasteiger partial charge < -0.3 is 9.98 Å². The highest BCUT2D eigenvalue weighted by atomic mass is 32.2. The van der Waals surface area contributed by atoms with E-state index < -0.39 is 11.3 Å². The van der Waals surface area contributed by atoms with Crippen molar-refractivity contribution >= 4 is 11.3 Å². The second kappa shape index (κ2) is 2.47. The monoisotopic (exact) mass is 147 g/mol. The number of hydrazine groups is 1. The summed E-state index contributed by atoms with van der Waals surface area (Å²) in [4.78, 5) is 0. The molecule has 1 aliphatic rings. The highest BCUT2D eigenvalue weighted by molar-refractivity contribution is 7.76. The average molecular weight is 147 g/mol.